The molecule has 1 aromatic carbocycles. The summed E-state index contributed by atoms with van der Waals surface area (Å²) in [5, 5.41) is 3.03. The topological polar surface area (TPSA) is 61.6 Å². The van der Waals surface area contributed by atoms with E-state index in [2.05, 4.69) is 22.2 Å². The van der Waals surface area contributed by atoms with Gasteiger partial charge in [-0.2, -0.15) is 0 Å². The van der Waals surface area contributed by atoms with E-state index >= 15 is 0 Å². The van der Waals surface area contributed by atoms with Crippen molar-refractivity contribution in [2.45, 2.75) is 13.0 Å². The van der Waals surface area contributed by atoms with Crippen LogP contribution in [0.25, 0.3) is 0 Å². The van der Waals surface area contributed by atoms with Gasteiger partial charge in [0.25, 0.3) is 5.91 Å². The molecule has 0 bridgehead atoms. The molecule has 110 valence electrons. The van der Waals surface area contributed by atoms with Gasteiger partial charge in [0.15, 0.2) is 0 Å². The van der Waals surface area contributed by atoms with Gasteiger partial charge in [-0.1, -0.05) is 6.07 Å². The SMILES string of the molecule is CC(CN1CCN(C)CC1)NC(=O)c1cccc(N)c1. The van der Waals surface area contributed by atoms with Gasteiger partial charge >= 0.3 is 0 Å². The minimum Gasteiger partial charge on any atom is -0.399 e. The first-order chi connectivity index (χ1) is 9.54. The van der Waals surface area contributed by atoms with E-state index in [0.717, 1.165) is 32.7 Å². The zero-order valence-corrected chi connectivity index (χ0v) is 12.3. The summed E-state index contributed by atoms with van der Waals surface area (Å²) in [6.45, 7) is 7.25. The second kappa shape index (κ2) is 6.72. The van der Waals surface area contributed by atoms with E-state index in [4.69, 9.17) is 5.73 Å². The van der Waals surface area contributed by atoms with Gasteiger partial charge < -0.3 is 16.0 Å². The maximum atomic E-state index is 12.1. The molecule has 5 nitrogen and oxygen atoms in total. The highest BCUT2D eigenvalue weighted by molar-refractivity contribution is 5.95. The van der Waals surface area contributed by atoms with Crippen LogP contribution >= 0.6 is 0 Å². The largest absolute Gasteiger partial charge is 0.399 e. The lowest BCUT2D eigenvalue weighted by Crippen LogP contribution is -2.49. The molecular formula is C15H24N4O. The van der Waals surface area contributed by atoms with Gasteiger partial charge in [-0.3, -0.25) is 9.69 Å². The molecule has 0 aliphatic carbocycles. The van der Waals surface area contributed by atoms with Crippen molar-refractivity contribution in [3.05, 3.63) is 29.8 Å². The highest BCUT2D eigenvalue weighted by Gasteiger charge is 2.17. The van der Waals surface area contributed by atoms with Crippen molar-refractivity contribution in [2.75, 3.05) is 45.5 Å². The lowest BCUT2D eigenvalue weighted by atomic mass is 10.1. The van der Waals surface area contributed by atoms with Crippen LogP contribution in [0.2, 0.25) is 0 Å². The highest BCUT2D eigenvalue weighted by atomic mass is 16.1. The molecule has 1 heterocycles. The van der Waals surface area contributed by atoms with E-state index in [-0.39, 0.29) is 11.9 Å². The van der Waals surface area contributed by atoms with Crippen molar-refractivity contribution in [1.29, 1.82) is 0 Å². The Labute approximate surface area is 120 Å². The lowest BCUT2D eigenvalue weighted by molar-refractivity contribution is 0.0914. The number of nitrogens with one attached hydrogen (secondary N) is 1. The van der Waals surface area contributed by atoms with Crippen molar-refractivity contribution >= 4 is 11.6 Å². The summed E-state index contributed by atoms with van der Waals surface area (Å²) in [5.74, 6) is -0.0565. The average molecular weight is 276 g/mol. The number of nitrogens with zero attached hydrogens (tertiary/aromatic N) is 2. The number of amides is 1. The molecule has 1 aromatic rings. The van der Waals surface area contributed by atoms with Crippen LogP contribution in [0.4, 0.5) is 5.69 Å². The summed E-state index contributed by atoms with van der Waals surface area (Å²) in [7, 11) is 2.14. The van der Waals surface area contributed by atoms with Gasteiger partial charge in [0.05, 0.1) is 0 Å². The number of hydrogen-bond donors (Lipinski definition) is 2. The number of carbonyl (C=O) groups is 1. The Kier molecular flexibility index (Phi) is 4.98. The number of benzene rings is 1. The third-order valence-corrected chi connectivity index (χ3v) is 3.65. The Morgan fingerprint density at radius 3 is 2.70 bits per heavy atom. The monoisotopic (exact) mass is 276 g/mol. The van der Waals surface area contributed by atoms with Crippen LogP contribution in [0, 0.1) is 0 Å². The number of hydrogen-bond acceptors (Lipinski definition) is 4. The molecule has 0 saturated carbocycles. The Morgan fingerprint density at radius 2 is 2.05 bits per heavy atom. The van der Waals surface area contributed by atoms with E-state index in [0.29, 0.717) is 11.3 Å². The van der Waals surface area contributed by atoms with Crippen LogP contribution in [0.15, 0.2) is 24.3 Å². The third kappa shape index (κ3) is 4.21. The van der Waals surface area contributed by atoms with Crippen LogP contribution in [0.3, 0.4) is 0 Å². The van der Waals surface area contributed by atoms with Gasteiger partial charge in [0, 0.05) is 50.0 Å². The van der Waals surface area contributed by atoms with Gasteiger partial charge in [0.1, 0.15) is 0 Å². The smallest absolute Gasteiger partial charge is 0.251 e. The fraction of sp³-hybridized carbons (Fsp3) is 0.533. The normalized spacial score (nSPS) is 18.7. The average Bonchev–Trinajstić information content (AvgIpc) is 2.41. The summed E-state index contributed by atoms with van der Waals surface area (Å²) in [6, 6.07) is 7.21. The predicted molar refractivity (Wildman–Crippen MR) is 81.7 cm³/mol. The molecule has 1 amide bonds. The van der Waals surface area contributed by atoms with Crippen LogP contribution in [-0.2, 0) is 0 Å². The molecule has 0 aromatic heterocycles. The molecule has 1 saturated heterocycles. The minimum absolute atomic E-state index is 0.0565. The summed E-state index contributed by atoms with van der Waals surface area (Å²) in [6.07, 6.45) is 0. The third-order valence-electron chi connectivity index (χ3n) is 3.65. The second-order valence-electron chi connectivity index (χ2n) is 5.60. The number of piperazine rings is 1. The van der Waals surface area contributed by atoms with Crippen molar-refractivity contribution < 1.29 is 4.79 Å². The molecule has 0 radical (unpaired) electrons. The minimum atomic E-state index is -0.0565. The van der Waals surface area contributed by atoms with E-state index in [1.54, 1.807) is 24.3 Å². The number of nitrogens with two attached hydrogens (primary N) is 1. The van der Waals surface area contributed by atoms with Crippen molar-refractivity contribution in [1.82, 2.24) is 15.1 Å². The molecule has 20 heavy (non-hydrogen) atoms. The molecule has 1 aliphatic rings. The first-order valence-corrected chi connectivity index (χ1v) is 7.12. The summed E-state index contributed by atoms with van der Waals surface area (Å²) >= 11 is 0. The van der Waals surface area contributed by atoms with Crippen molar-refractivity contribution in [3.8, 4) is 0 Å². The molecule has 3 N–H and O–H groups in total. The molecule has 0 spiro atoms. The maximum absolute atomic E-state index is 12.1. The molecule has 5 heteroatoms. The molecule has 2 rings (SSSR count). The highest BCUT2D eigenvalue weighted by Crippen LogP contribution is 2.07. The van der Waals surface area contributed by atoms with E-state index < -0.39 is 0 Å². The van der Waals surface area contributed by atoms with Gasteiger partial charge in [-0.05, 0) is 32.2 Å². The number of nitrogen functional groups attached to an aromatic ring is 1. The van der Waals surface area contributed by atoms with Gasteiger partial charge in [0.2, 0.25) is 0 Å². The first-order valence-electron chi connectivity index (χ1n) is 7.12. The molecule has 1 aliphatic heterocycles. The van der Waals surface area contributed by atoms with Crippen molar-refractivity contribution in [3.63, 3.8) is 0 Å². The fourth-order valence-corrected chi connectivity index (χ4v) is 2.45. The standard InChI is InChI=1S/C15H24N4O/c1-12(11-19-8-6-18(2)7-9-19)17-15(20)13-4-3-5-14(16)10-13/h3-5,10,12H,6-9,11,16H2,1-2H3,(H,17,20). The lowest BCUT2D eigenvalue weighted by Gasteiger charge is -2.34. The zero-order valence-electron chi connectivity index (χ0n) is 12.3. The number of rotatable bonds is 4. The number of likely N-dealkylation sites (N-methyl/N-ethyl adjacent to an activating group) is 1. The molecule has 1 fully saturated rings. The Hall–Kier alpha value is -1.59. The number of anilines is 1. The fourth-order valence-electron chi connectivity index (χ4n) is 2.45. The Bertz CT molecular complexity index is 455. The zero-order chi connectivity index (χ0) is 14.5. The van der Waals surface area contributed by atoms with E-state index in [9.17, 15) is 4.79 Å². The van der Waals surface area contributed by atoms with E-state index in [1.807, 2.05) is 6.92 Å². The Morgan fingerprint density at radius 1 is 1.35 bits per heavy atom. The predicted octanol–water partition coefficient (Wildman–Crippen LogP) is 0.635. The van der Waals surface area contributed by atoms with Crippen LogP contribution in [0.5, 0.6) is 0 Å². The molecule has 1 atom stereocenters. The quantitative estimate of drug-likeness (QED) is 0.792. The maximum Gasteiger partial charge on any atom is 0.251 e. The van der Waals surface area contributed by atoms with Crippen LogP contribution in [0.1, 0.15) is 17.3 Å². The summed E-state index contributed by atoms with van der Waals surface area (Å²) in [5.41, 5.74) is 6.93. The van der Waals surface area contributed by atoms with E-state index in [1.165, 1.54) is 0 Å². The van der Waals surface area contributed by atoms with Gasteiger partial charge in [-0.25, -0.2) is 0 Å². The van der Waals surface area contributed by atoms with Crippen LogP contribution < -0.4 is 11.1 Å². The molecule has 1 unspecified atom stereocenters. The Balaban J connectivity index is 1.82. The summed E-state index contributed by atoms with van der Waals surface area (Å²) in [4.78, 5) is 16.8. The number of carbonyl (C=O) groups excluding carboxylic acids is 1. The summed E-state index contributed by atoms with van der Waals surface area (Å²) < 4.78 is 0. The van der Waals surface area contributed by atoms with Gasteiger partial charge in [-0.15, -0.1) is 0 Å². The van der Waals surface area contributed by atoms with Crippen molar-refractivity contribution in [2.24, 2.45) is 0 Å². The first kappa shape index (κ1) is 14.8. The van der Waals surface area contributed by atoms with Crippen LogP contribution in [-0.4, -0.2) is 61.5 Å². The molecular weight excluding hydrogens is 252 g/mol. The second-order valence-corrected chi connectivity index (χ2v) is 5.60.